The van der Waals surface area contributed by atoms with Gasteiger partial charge in [0.1, 0.15) is 0 Å². The molecule has 0 aliphatic heterocycles. The first-order chi connectivity index (χ1) is 72.5. The van der Waals surface area contributed by atoms with Gasteiger partial charge >= 0.3 is 0 Å². The second-order valence-electron chi connectivity index (χ2n) is 36.4. The Hall–Kier alpha value is -17.8. The molecule has 0 N–H and O–H groups in total. The highest BCUT2D eigenvalue weighted by Gasteiger charge is 2.25. The van der Waals surface area contributed by atoms with Gasteiger partial charge < -0.3 is 14.7 Å². The molecule has 3 heteroatoms. The van der Waals surface area contributed by atoms with Crippen molar-refractivity contribution in [1.29, 1.82) is 0 Å². The first-order valence-corrected chi connectivity index (χ1v) is 51.1. The lowest BCUT2D eigenvalue weighted by Crippen LogP contribution is -2.36. The van der Waals surface area contributed by atoms with E-state index in [9.17, 15) is 0 Å². The van der Waals surface area contributed by atoms with Gasteiger partial charge in [-0.3, -0.25) is 0 Å². The summed E-state index contributed by atoms with van der Waals surface area (Å²) in [5.41, 5.74) is 32.2. The Balaban J connectivity index is 0.000000154. The van der Waals surface area contributed by atoms with Crippen LogP contribution < -0.4 is 46.0 Å². The van der Waals surface area contributed by atoms with Crippen LogP contribution in [0.3, 0.4) is 0 Å². The van der Waals surface area contributed by atoms with Crippen LogP contribution in [0.2, 0.25) is 0 Å². The fraction of sp³-hybridized carbons (Fsp3) is 0.0833. The number of benzene rings is 17. The molecule has 2 aliphatic rings. The van der Waals surface area contributed by atoms with E-state index >= 15 is 0 Å². The molecule has 19 rings (SSSR count). The van der Waals surface area contributed by atoms with Crippen molar-refractivity contribution in [3.63, 3.8) is 0 Å². The van der Waals surface area contributed by atoms with Crippen molar-refractivity contribution in [1.82, 2.24) is 0 Å². The zero-order valence-corrected chi connectivity index (χ0v) is 84.9. The highest BCUT2D eigenvalue weighted by Crippen LogP contribution is 2.44. The Kier molecular flexibility index (Phi) is 36.7. The van der Waals surface area contributed by atoms with Crippen molar-refractivity contribution >= 4 is 58.0 Å². The molecule has 0 spiro atoms. The average Bonchev–Trinajstić information content (AvgIpc) is 0.764. The van der Waals surface area contributed by atoms with E-state index in [0.717, 1.165) is 77.0 Å². The number of hydrogen-bond acceptors (Lipinski definition) is 3. The first-order valence-electron chi connectivity index (χ1n) is 51.1. The maximum Gasteiger partial charge on any atom is 0.0465 e. The largest absolute Gasteiger partial charge is 0.321 e. The molecule has 0 aromatic heterocycles. The molecule has 3 unspecified atom stereocenters. The molecule has 2 aliphatic carbocycles. The maximum atomic E-state index is 4.15. The topological polar surface area (TPSA) is 9.72 Å². The highest BCUT2D eigenvalue weighted by atomic mass is 15.2. The van der Waals surface area contributed by atoms with Crippen LogP contribution in [-0.4, -0.2) is 0 Å². The Morgan fingerprint density at radius 2 is 0.755 bits per heavy atom. The molecule has 0 saturated heterocycles. The van der Waals surface area contributed by atoms with E-state index in [2.05, 4.69) is 561 Å². The standard InChI is InChI=1S/C52H49N.C46H37N.C40H37N.C6H6/c1-7-22-41(8-2)23-20-29-42(9-3)46-32-34-48(35-33-46)51-37-36-49(39-52(51)47-27-16-13-17-28-47)53(40(6)50-31-19-18-24-44(50)11-5)38-21-30-43(10-4)45-25-14-12-15-26-45;1-4-14-34(15-5-1)36-26-28-41(29-27-36)47(46-25-13-21-37-20-10-11-24-44(37)46)42-30-31-43(45(33-42)38-18-8-3-9-19-38)40-23-12-22-39(32-40)35-16-6-2-7-17-35;1-4-32(34-19-9-6-10-20-34)25-17-29-41(31(3)38-26-16-15-18-33(38)5-2)37-27-28-39(35-21-11-7-12-22-35)40(30-37)36-23-13-8-14-24-36;1-2-4-6-5-3-1/h7-29,31-39,43H,1-4,30H2,5-6H3;1-12,14-24,26,28-33,36H,13,25,27H2;4-24,26-30,32H,1,25H2,2-3H3;1-6H/b23-20+,38-21+,41-22+,42-29+,44-11-,50-40+;;29-17+,33-5-,38-31+;. The van der Waals surface area contributed by atoms with E-state index in [1.165, 1.54) is 138 Å². The van der Waals surface area contributed by atoms with Gasteiger partial charge in [-0.2, -0.15) is 0 Å². The Bertz CT molecular complexity index is 7940. The molecular formula is C144H129N3. The summed E-state index contributed by atoms with van der Waals surface area (Å²) in [5, 5.41) is 7.48. The number of hydrogen-bond donors (Lipinski definition) is 0. The van der Waals surface area contributed by atoms with Crippen LogP contribution in [0.15, 0.2) is 597 Å². The smallest absolute Gasteiger partial charge is 0.0465 e. The van der Waals surface area contributed by atoms with Crippen molar-refractivity contribution in [2.24, 2.45) is 0 Å². The van der Waals surface area contributed by atoms with Gasteiger partial charge in [0.25, 0.3) is 0 Å². The monoisotopic (exact) mass is 1900 g/mol. The molecule has 17 aromatic carbocycles. The van der Waals surface area contributed by atoms with E-state index in [1.54, 1.807) is 6.08 Å². The molecule has 17 aromatic rings. The summed E-state index contributed by atoms with van der Waals surface area (Å²) >= 11 is 0. The van der Waals surface area contributed by atoms with Gasteiger partial charge in [0.15, 0.2) is 0 Å². The van der Waals surface area contributed by atoms with E-state index in [4.69, 9.17) is 0 Å². The van der Waals surface area contributed by atoms with Gasteiger partial charge in [-0.1, -0.05) is 529 Å². The SMILES string of the molecule is C1=CC(c2ccccc2)CC=C1N(C1=c2ccccc2=CCC1)c1ccc(-c2cccc(-c3ccccc3)c2)c(-c2ccccc2)c1.C=C/C=C(C=C)/C=C/C=C(\C=C)c1ccc(-c2ccc(N(/C=C/CC(C=C)c3ccccc3)/C(C)=c3\cccc\c3=C\C)cc2-c2ccccc2)cc1.C=CC(C/C=C/N(/C(C)=c1\cccc\c1=C\C)c1ccc(-c2ccccc2)c(-c2ccccc2)c1)c1ccccc1.c1ccccc1. The average molecular weight is 1900 g/mol. The molecule has 0 radical (unpaired) electrons. The van der Waals surface area contributed by atoms with Crippen molar-refractivity contribution in [2.45, 2.75) is 77.6 Å². The van der Waals surface area contributed by atoms with Crippen LogP contribution in [0.25, 0.3) is 119 Å². The minimum Gasteiger partial charge on any atom is -0.321 e. The molecule has 0 bridgehead atoms. The van der Waals surface area contributed by atoms with Crippen LogP contribution in [0.5, 0.6) is 0 Å². The van der Waals surface area contributed by atoms with Gasteiger partial charge in [0.05, 0.1) is 0 Å². The van der Waals surface area contributed by atoms with Crippen molar-refractivity contribution in [3.05, 3.63) is 650 Å². The predicted octanol–water partition coefficient (Wildman–Crippen LogP) is 34.3. The fourth-order valence-electron chi connectivity index (χ4n) is 19.4. The third-order valence-electron chi connectivity index (χ3n) is 27.2. The normalized spacial score (nSPS) is 13.8. The molecule has 147 heavy (non-hydrogen) atoms. The molecule has 0 heterocycles. The highest BCUT2D eigenvalue weighted by molar-refractivity contribution is 5.93. The number of anilines is 3. The van der Waals surface area contributed by atoms with E-state index in [1.807, 2.05) is 78.9 Å². The lowest BCUT2D eigenvalue weighted by atomic mass is 9.90. The minimum atomic E-state index is 0.224. The molecular weight excluding hydrogens is 1770 g/mol. The Labute approximate surface area is 872 Å². The lowest BCUT2D eigenvalue weighted by Gasteiger charge is -2.33. The van der Waals surface area contributed by atoms with Gasteiger partial charge in [-0.05, 0) is 235 Å². The first kappa shape index (κ1) is 102. The van der Waals surface area contributed by atoms with Crippen molar-refractivity contribution in [3.8, 4) is 77.9 Å². The summed E-state index contributed by atoms with van der Waals surface area (Å²) in [5.74, 6) is 0.867. The van der Waals surface area contributed by atoms with Crippen LogP contribution in [-0.2, 0) is 0 Å². The predicted molar refractivity (Wildman–Crippen MR) is 637 cm³/mol. The second kappa shape index (κ2) is 52.8. The summed E-state index contributed by atoms with van der Waals surface area (Å²) in [4.78, 5) is 7.18. The van der Waals surface area contributed by atoms with Crippen molar-refractivity contribution in [2.75, 3.05) is 14.7 Å². The van der Waals surface area contributed by atoms with Gasteiger partial charge in [-0.25, -0.2) is 0 Å². The van der Waals surface area contributed by atoms with E-state index in [0.29, 0.717) is 5.92 Å². The molecule has 0 amide bonds. The minimum absolute atomic E-state index is 0.224. The van der Waals surface area contributed by atoms with Crippen molar-refractivity contribution < 1.29 is 0 Å². The quantitative estimate of drug-likeness (QED) is 0.0317. The van der Waals surface area contributed by atoms with Gasteiger partial charge in [-0.15, -0.1) is 13.2 Å². The second-order valence-corrected chi connectivity index (χ2v) is 36.4. The third-order valence-corrected chi connectivity index (χ3v) is 27.2. The maximum absolute atomic E-state index is 4.15. The summed E-state index contributed by atoms with van der Waals surface area (Å²) in [6.45, 7) is 28.6. The van der Waals surface area contributed by atoms with E-state index in [-0.39, 0.29) is 11.8 Å². The molecule has 0 fully saturated rings. The summed E-state index contributed by atoms with van der Waals surface area (Å²) in [6, 6.07) is 162. The zero-order chi connectivity index (χ0) is 102. The van der Waals surface area contributed by atoms with Crippen LogP contribution >= 0.6 is 0 Å². The fourth-order valence-corrected chi connectivity index (χ4v) is 19.4. The zero-order valence-electron chi connectivity index (χ0n) is 84.9. The number of nitrogens with zero attached hydrogens (tertiary/aromatic N) is 3. The Morgan fingerprint density at radius 3 is 1.21 bits per heavy atom. The summed E-state index contributed by atoms with van der Waals surface area (Å²) in [6.07, 6.45) is 45.2. The number of allylic oxidation sites excluding steroid dienone is 16. The third kappa shape index (κ3) is 26.6. The van der Waals surface area contributed by atoms with Gasteiger partial charge in [0, 0.05) is 85.7 Å². The molecule has 3 nitrogen and oxygen atoms in total. The Morgan fingerprint density at radius 1 is 0.354 bits per heavy atom. The lowest BCUT2D eigenvalue weighted by molar-refractivity contribution is 0.837. The van der Waals surface area contributed by atoms with Crippen LogP contribution in [0.4, 0.5) is 17.1 Å². The summed E-state index contributed by atoms with van der Waals surface area (Å²) in [7, 11) is 0. The number of fused-ring (bicyclic) bond motifs is 1. The van der Waals surface area contributed by atoms with Crippen LogP contribution in [0.1, 0.15) is 99.8 Å². The molecule has 720 valence electrons. The molecule has 3 atom stereocenters. The number of rotatable bonds is 31. The summed E-state index contributed by atoms with van der Waals surface area (Å²) < 4.78 is 0. The molecule has 0 saturated carbocycles. The van der Waals surface area contributed by atoms with E-state index < -0.39 is 0 Å². The van der Waals surface area contributed by atoms with Crippen LogP contribution in [0, 0.1) is 0 Å². The van der Waals surface area contributed by atoms with Gasteiger partial charge in [0.2, 0.25) is 0 Å².